The van der Waals surface area contributed by atoms with Gasteiger partial charge in [0.2, 0.25) is 0 Å². The molecule has 1 aromatic heterocycles. The topological polar surface area (TPSA) is 96.2 Å². The standard InChI is InChI=1S/C14H18N6O/c1-9-4-5-10(6-12(9)20(2)3)18-14(21)11-7-17-13(19-15)8-16-11/h4-8H,15H2,1-3H3,(H,17,19)(H,18,21). The number of nitrogens with one attached hydrogen (secondary N) is 2. The van der Waals surface area contributed by atoms with Crippen molar-refractivity contribution in [2.75, 3.05) is 29.7 Å². The van der Waals surface area contributed by atoms with Crippen molar-refractivity contribution in [2.24, 2.45) is 5.84 Å². The van der Waals surface area contributed by atoms with Crippen LogP contribution in [0, 0.1) is 6.92 Å². The molecule has 0 aliphatic heterocycles. The number of anilines is 3. The summed E-state index contributed by atoms with van der Waals surface area (Å²) in [5, 5.41) is 2.80. The SMILES string of the molecule is Cc1ccc(NC(=O)c2cnc(NN)cn2)cc1N(C)C. The van der Waals surface area contributed by atoms with Crippen molar-refractivity contribution in [3.05, 3.63) is 41.9 Å². The van der Waals surface area contributed by atoms with Crippen LogP contribution in [0.5, 0.6) is 0 Å². The predicted molar refractivity (Wildman–Crippen MR) is 83.3 cm³/mol. The summed E-state index contributed by atoms with van der Waals surface area (Å²) in [6, 6.07) is 5.72. The van der Waals surface area contributed by atoms with E-state index in [1.54, 1.807) is 0 Å². The highest BCUT2D eigenvalue weighted by Gasteiger charge is 2.10. The number of aryl methyl sites for hydroxylation is 1. The van der Waals surface area contributed by atoms with E-state index < -0.39 is 0 Å². The van der Waals surface area contributed by atoms with Gasteiger partial charge in [-0.3, -0.25) is 4.79 Å². The summed E-state index contributed by atoms with van der Waals surface area (Å²) in [6.45, 7) is 2.02. The fourth-order valence-electron chi connectivity index (χ4n) is 1.88. The van der Waals surface area contributed by atoms with Gasteiger partial charge in [-0.05, 0) is 24.6 Å². The third kappa shape index (κ3) is 3.46. The minimum Gasteiger partial charge on any atom is -0.377 e. The number of hydrazine groups is 1. The van der Waals surface area contributed by atoms with Crippen LogP contribution >= 0.6 is 0 Å². The minimum atomic E-state index is -0.320. The molecule has 4 N–H and O–H groups in total. The summed E-state index contributed by atoms with van der Waals surface area (Å²) in [5.41, 5.74) is 5.47. The van der Waals surface area contributed by atoms with Crippen LogP contribution in [0.2, 0.25) is 0 Å². The monoisotopic (exact) mass is 286 g/mol. The Morgan fingerprint density at radius 2 is 2.00 bits per heavy atom. The number of aromatic nitrogens is 2. The predicted octanol–water partition coefficient (Wildman–Crippen LogP) is 1.39. The second kappa shape index (κ2) is 6.19. The van der Waals surface area contributed by atoms with Crippen LogP contribution in [0.3, 0.4) is 0 Å². The van der Waals surface area contributed by atoms with E-state index in [1.165, 1.54) is 12.4 Å². The molecule has 0 unspecified atom stereocenters. The lowest BCUT2D eigenvalue weighted by molar-refractivity contribution is 0.102. The number of carbonyl (C=O) groups excluding carboxylic acids is 1. The van der Waals surface area contributed by atoms with Crippen LogP contribution in [0.4, 0.5) is 17.2 Å². The van der Waals surface area contributed by atoms with Crippen LogP contribution in [-0.4, -0.2) is 30.0 Å². The van der Waals surface area contributed by atoms with E-state index in [4.69, 9.17) is 5.84 Å². The maximum atomic E-state index is 12.1. The molecule has 0 saturated heterocycles. The van der Waals surface area contributed by atoms with Gasteiger partial charge in [0.25, 0.3) is 5.91 Å². The molecule has 0 bridgehead atoms. The number of nitrogen functional groups attached to an aromatic ring is 1. The average molecular weight is 286 g/mol. The zero-order valence-electron chi connectivity index (χ0n) is 12.2. The van der Waals surface area contributed by atoms with Crippen molar-refractivity contribution < 1.29 is 4.79 Å². The quantitative estimate of drug-likeness (QED) is 0.580. The largest absolute Gasteiger partial charge is 0.377 e. The number of carbonyl (C=O) groups is 1. The van der Waals surface area contributed by atoms with E-state index in [2.05, 4.69) is 20.7 Å². The lowest BCUT2D eigenvalue weighted by Crippen LogP contribution is -2.16. The van der Waals surface area contributed by atoms with Gasteiger partial charge >= 0.3 is 0 Å². The molecule has 7 heteroatoms. The molecule has 1 amide bonds. The van der Waals surface area contributed by atoms with Crippen LogP contribution in [0.25, 0.3) is 0 Å². The van der Waals surface area contributed by atoms with Crippen molar-refractivity contribution >= 4 is 23.1 Å². The smallest absolute Gasteiger partial charge is 0.275 e. The third-order valence-corrected chi connectivity index (χ3v) is 2.98. The highest BCUT2D eigenvalue weighted by Crippen LogP contribution is 2.22. The highest BCUT2D eigenvalue weighted by molar-refractivity contribution is 6.03. The molecule has 0 atom stereocenters. The van der Waals surface area contributed by atoms with Gasteiger partial charge < -0.3 is 15.6 Å². The van der Waals surface area contributed by atoms with Gasteiger partial charge in [-0.1, -0.05) is 6.07 Å². The van der Waals surface area contributed by atoms with Crippen molar-refractivity contribution in [3.63, 3.8) is 0 Å². The maximum absolute atomic E-state index is 12.1. The Balaban J connectivity index is 2.17. The summed E-state index contributed by atoms with van der Waals surface area (Å²) in [4.78, 5) is 22.0. The van der Waals surface area contributed by atoms with E-state index in [0.29, 0.717) is 11.5 Å². The molecule has 21 heavy (non-hydrogen) atoms. The summed E-state index contributed by atoms with van der Waals surface area (Å²) in [5.74, 6) is 5.28. The lowest BCUT2D eigenvalue weighted by Gasteiger charge is -2.17. The van der Waals surface area contributed by atoms with Crippen LogP contribution < -0.4 is 21.5 Å². The zero-order valence-corrected chi connectivity index (χ0v) is 12.2. The fourth-order valence-corrected chi connectivity index (χ4v) is 1.88. The van der Waals surface area contributed by atoms with Gasteiger partial charge in [-0.15, -0.1) is 0 Å². The second-order valence-corrected chi connectivity index (χ2v) is 4.78. The summed E-state index contributed by atoms with van der Waals surface area (Å²) >= 11 is 0. The number of nitrogens with two attached hydrogens (primary N) is 1. The molecule has 0 aliphatic carbocycles. The third-order valence-electron chi connectivity index (χ3n) is 2.98. The Morgan fingerprint density at radius 1 is 1.24 bits per heavy atom. The van der Waals surface area contributed by atoms with Gasteiger partial charge in [-0.25, -0.2) is 15.8 Å². The molecule has 0 fully saturated rings. The second-order valence-electron chi connectivity index (χ2n) is 4.78. The molecule has 2 aromatic rings. The number of hydrogen-bond acceptors (Lipinski definition) is 6. The summed E-state index contributed by atoms with van der Waals surface area (Å²) in [7, 11) is 3.91. The molecular formula is C14H18N6O. The Morgan fingerprint density at radius 3 is 2.57 bits per heavy atom. The summed E-state index contributed by atoms with van der Waals surface area (Å²) < 4.78 is 0. The Bertz CT molecular complexity index is 638. The molecule has 1 aromatic carbocycles. The molecule has 0 aliphatic rings. The first-order chi connectivity index (χ1) is 10.0. The number of benzene rings is 1. The lowest BCUT2D eigenvalue weighted by atomic mass is 10.1. The molecule has 0 spiro atoms. The molecule has 0 saturated carbocycles. The van der Waals surface area contributed by atoms with Gasteiger partial charge in [0.05, 0.1) is 12.4 Å². The molecular weight excluding hydrogens is 268 g/mol. The van der Waals surface area contributed by atoms with E-state index in [-0.39, 0.29) is 11.6 Å². The number of hydrogen-bond donors (Lipinski definition) is 3. The Hall–Kier alpha value is -2.67. The van der Waals surface area contributed by atoms with Crippen LogP contribution in [0.15, 0.2) is 30.6 Å². The Labute approximate surface area is 123 Å². The minimum absolute atomic E-state index is 0.223. The normalized spacial score (nSPS) is 10.1. The molecule has 110 valence electrons. The first kappa shape index (κ1) is 14.7. The van der Waals surface area contributed by atoms with E-state index in [0.717, 1.165) is 11.3 Å². The first-order valence-corrected chi connectivity index (χ1v) is 6.39. The Kier molecular flexibility index (Phi) is 4.34. The van der Waals surface area contributed by atoms with Gasteiger partial charge in [-0.2, -0.15) is 0 Å². The summed E-state index contributed by atoms with van der Waals surface area (Å²) in [6.07, 6.45) is 2.76. The molecule has 1 heterocycles. The van der Waals surface area contributed by atoms with Gasteiger partial charge in [0.15, 0.2) is 5.82 Å². The van der Waals surface area contributed by atoms with Crippen LogP contribution in [-0.2, 0) is 0 Å². The first-order valence-electron chi connectivity index (χ1n) is 6.39. The number of amides is 1. The van der Waals surface area contributed by atoms with Gasteiger partial charge in [0, 0.05) is 25.5 Å². The molecule has 0 radical (unpaired) electrons. The average Bonchev–Trinajstić information content (AvgIpc) is 2.49. The van der Waals surface area contributed by atoms with E-state index in [1.807, 2.05) is 44.1 Å². The fraction of sp³-hybridized carbons (Fsp3) is 0.214. The maximum Gasteiger partial charge on any atom is 0.275 e. The number of rotatable bonds is 4. The zero-order chi connectivity index (χ0) is 15.4. The highest BCUT2D eigenvalue weighted by atomic mass is 16.1. The van der Waals surface area contributed by atoms with Crippen molar-refractivity contribution in [1.82, 2.24) is 9.97 Å². The molecule has 2 rings (SSSR count). The van der Waals surface area contributed by atoms with E-state index in [9.17, 15) is 4.79 Å². The van der Waals surface area contributed by atoms with Crippen molar-refractivity contribution in [3.8, 4) is 0 Å². The molecule has 7 nitrogen and oxygen atoms in total. The van der Waals surface area contributed by atoms with Crippen molar-refractivity contribution in [1.29, 1.82) is 0 Å². The number of nitrogens with zero attached hydrogens (tertiary/aromatic N) is 3. The van der Waals surface area contributed by atoms with Crippen LogP contribution in [0.1, 0.15) is 16.1 Å². The van der Waals surface area contributed by atoms with Gasteiger partial charge in [0.1, 0.15) is 5.69 Å². The van der Waals surface area contributed by atoms with E-state index >= 15 is 0 Å². The van der Waals surface area contributed by atoms with Crippen molar-refractivity contribution in [2.45, 2.75) is 6.92 Å².